The van der Waals surface area contributed by atoms with Crippen molar-refractivity contribution in [2.75, 3.05) is 6.26 Å². The molecule has 1 rings (SSSR count). The zero-order valence-electron chi connectivity index (χ0n) is 8.50. The smallest absolute Gasteiger partial charge is 0.294 e. The fourth-order valence-electron chi connectivity index (χ4n) is 1.05. The molecule has 0 saturated carbocycles. The van der Waals surface area contributed by atoms with E-state index in [1.807, 2.05) is 0 Å². The molecule has 0 aromatic carbocycles. The second-order valence-corrected chi connectivity index (χ2v) is 5.06. The van der Waals surface area contributed by atoms with Gasteiger partial charge in [0.05, 0.1) is 4.92 Å². The van der Waals surface area contributed by atoms with Gasteiger partial charge in [-0.25, -0.2) is 13.4 Å². The molecule has 0 atom stereocenters. The number of hydrogen-bond acceptors (Lipinski definition) is 6. The Labute approximate surface area is 91.2 Å². The van der Waals surface area contributed by atoms with Crippen LogP contribution in [0.2, 0.25) is 0 Å². The molecule has 0 amide bonds. The number of nitrogens with zero attached hydrogens (tertiary/aromatic N) is 2. The summed E-state index contributed by atoms with van der Waals surface area (Å²) >= 11 is 0. The highest BCUT2D eigenvalue weighted by molar-refractivity contribution is 7.90. The van der Waals surface area contributed by atoms with Gasteiger partial charge >= 0.3 is 5.69 Å². The molecule has 1 aromatic rings. The van der Waals surface area contributed by atoms with Gasteiger partial charge < -0.3 is 0 Å². The molecule has 16 heavy (non-hydrogen) atoms. The van der Waals surface area contributed by atoms with Crippen LogP contribution in [0.25, 0.3) is 0 Å². The number of aromatic nitrogens is 1. The van der Waals surface area contributed by atoms with Gasteiger partial charge in [0.15, 0.2) is 15.6 Å². The van der Waals surface area contributed by atoms with Gasteiger partial charge in [-0.15, -0.1) is 0 Å². The molecule has 0 unspecified atom stereocenters. The molecule has 7 nitrogen and oxygen atoms in total. The number of ketones is 1. The van der Waals surface area contributed by atoms with Crippen LogP contribution in [0.1, 0.15) is 17.3 Å². The molecule has 1 aromatic heterocycles. The Morgan fingerprint density at radius 3 is 2.44 bits per heavy atom. The topological polar surface area (TPSA) is 107 Å². The minimum atomic E-state index is -3.79. The van der Waals surface area contributed by atoms with Crippen LogP contribution in [0, 0.1) is 10.1 Å². The summed E-state index contributed by atoms with van der Waals surface area (Å²) in [5.74, 6) is -0.421. The van der Waals surface area contributed by atoms with Gasteiger partial charge in [0, 0.05) is 24.1 Å². The predicted molar refractivity (Wildman–Crippen MR) is 54.0 cm³/mol. The standard InChI is InChI=1S/C8H8N2O5S/c1-5(11)6-3-7(10(12)13)8(9-4-6)16(2,14)15/h3-4H,1-2H3. The second kappa shape index (κ2) is 3.97. The van der Waals surface area contributed by atoms with Crippen molar-refractivity contribution in [1.82, 2.24) is 4.98 Å². The molecule has 0 fully saturated rings. The van der Waals surface area contributed by atoms with Crippen molar-refractivity contribution < 1.29 is 18.1 Å². The molecule has 0 aliphatic rings. The highest BCUT2D eigenvalue weighted by Gasteiger charge is 2.25. The molecule has 0 aliphatic heterocycles. The largest absolute Gasteiger partial charge is 0.307 e. The SMILES string of the molecule is CC(=O)c1cnc(S(C)(=O)=O)c([N+](=O)[O-])c1. The van der Waals surface area contributed by atoms with E-state index in [4.69, 9.17) is 0 Å². The van der Waals surface area contributed by atoms with Crippen LogP contribution in [0.3, 0.4) is 0 Å². The van der Waals surface area contributed by atoms with E-state index < -0.39 is 31.3 Å². The number of pyridine rings is 1. The first-order valence-corrected chi connectivity index (χ1v) is 5.98. The van der Waals surface area contributed by atoms with Crippen molar-refractivity contribution in [3.05, 3.63) is 27.9 Å². The van der Waals surface area contributed by atoms with Gasteiger partial charge in [0.25, 0.3) is 0 Å². The maximum absolute atomic E-state index is 11.2. The molecule has 0 bridgehead atoms. The van der Waals surface area contributed by atoms with Crippen LogP contribution in [0.4, 0.5) is 5.69 Å². The van der Waals surface area contributed by atoms with Gasteiger partial charge in [-0.1, -0.05) is 0 Å². The van der Waals surface area contributed by atoms with E-state index in [1.165, 1.54) is 6.92 Å². The van der Waals surface area contributed by atoms with Crippen molar-refractivity contribution >= 4 is 21.3 Å². The Hall–Kier alpha value is -1.83. The van der Waals surface area contributed by atoms with Crippen molar-refractivity contribution in [2.45, 2.75) is 11.9 Å². The fourth-order valence-corrected chi connectivity index (χ4v) is 1.81. The molecule has 0 aliphatic carbocycles. The highest BCUT2D eigenvalue weighted by atomic mass is 32.2. The Kier molecular flexibility index (Phi) is 3.04. The number of carbonyl (C=O) groups is 1. The third kappa shape index (κ3) is 2.40. The molecule has 0 saturated heterocycles. The first-order chi connectivity index (χ1) is 7.23. The van der Waals surface area contributed by atoms with E-state index in [1.54, 1.807) is 0 Å². The van der Waals surface area contributed by atoms with Crippen LogP contribution in [0.15, 0.2) is 17.3 Å². The predicted octanol–water partition coefficient (Wildman–Crippen LogP) is 0.596. The number of hydrogen-bond donors (Lipinski definition) is 0. The monoisotopic (exact) mass is 244 g/mol. The molecule has 0 N–H and O–H groups in total. The molecular formula is C8H8N2O5S. The molecule has 8 heteroatoms. The molecule has 0 radical (unpaired) electrons. The lowest BCUT2D eigenvalue weighted by Crippen LogP contribution is -2.07. The van der Waals surface area contributed by atoms with E-state index in [9.17, 15) is 23.3 Å². The second-order valence-electron chi connectivity index (χ2n) is 3.13. The van der Waals surface area contributed by atoms with Gasteiger partial charge in [-0.2, -0.15) is 0 Å². The normalized spacial score (nSPS) is 11.1. The summed E-state index contributed by atoms with van der Waals surface area (Å²) in [6, 6.07) is 0.908. The van der Waals surface area contributed by atoms with Crippen molar-refractivity contribution in [3.8, 4) is 0 Å². The Bertz CT molecular complexity index is 564. The minimum absolute atomic E-state index is 0.000833. The maximum atomic E-state index is 11.2. The third-order valence-corrected chi connectivity index (χ3v) is 2.80. The number of carbonyl (C=O) groups excluding carboxylic acids is 1. The molecular weight excluding hydrogens is 236 g/mol. The summed E-state index contributed by atoms with van der Waals surface area (Å²) in [6.07, 6.45) is 1.82. The van der Waals surface area contributed by atoms with Gasteiger partial charge in [0.2, 0.25) is 5.03 Å². The Morgan fingerprint density at radius 1 is 1.50 bits per heavy atom. The van der Waals surface area contributed by atoms with Gasteiger partial charge in [0.1, 0.15) is 0 Å². The average Bonchev–Trinajstić information content (AvgIpc) is 2.15. The lowest BCUT2D eigenvalue weighted by molar-refractivity contribution is -0.388. The van der Waals surface area contributed by atoms with Crippen molar-refractivity contribution in [1.29, 1.82) is 0 Å². The Morgan fingerprint density at radius 2 is 2.06 bits per heavy atom. The third-order valence-electron chi connectivity index (χ3n) is 1.79. The van der Waals surface area contributed by atoms with Crippen LogP contribution in [0.5, 0.6) is 0 Å². The van der Waals surface area contributed by atoms with E-state index in [0.29, 0.717) is 0 Å². The van der Waals surface area contributed by atoms with Gasteiger partial charge in [-0.05, 0) is 6.92 Å². The lowest BCUT2D eigenvalue weighted by atomic mass is 10.2. The number of rotatable bonds is 3. The van der Waals surface area contributed by atoms with E-state index in [0.717, 1.165) is 18.5 Å². The van der Waals surface area contributed by atoms with Crippen LogP contribution < -0.4 is 0 Å². The number of nitro groups is 1. The first kappa shape index (κ1) is 12.2. The summed E-state index contributed by atoms with van der Waals surface area (Å²) in [7, 11) is -3.79. The van der Waals surface area contributed by atoms with E-state index in [-0.39, 0.29) is 5.56 Å². The van der Waals surface area contributed by atoms with Crippen LogP contribution >= 0.6 is 0 Å². The lowest BCUT2D eigenvalue weighted by Gasteiger charge is -2.01. The summed E-state index contributed by atoms with van der Waals surface area (Å²) < 4.78 is 22.4. The summed E-state index contributed by atoms with van der Waals surface area (Å²) in [6.45, 7) is 1.21. The van der Waals surface area contributed by atoms with Crippen LogP contribution in [-0.4, -0.2) is 30.4 Å². The zero-order valence-corrected chi connectivity index (χ0v) is 9.32. The number of Topliss-reactive ketones (excluding diaryl/α,β-unsaturated/α-hetero) is 1. The fraction of sp³-hybridized carbons (Fsp3) is 0.250. The summed E-state index contributed by atoms with van der Waals surface area (Å²) in [5, 5.41) is 10.00. The molecule has 1 heterocycles. The van der Waals surface area contributed by atoms with Gasteiger partial charge in [-0.3, -0.25) is 14.9 Å². The summed E-state index contributed by atoms with van der Waals surface area (Å²) in [5.41, 5.74) is -0.686. The number of sulfone groups is 1. The molecule has 86 valence electrons. The van der Waals surface area contributed by atoms with Crippen LogP contribution in [-0.2, 0) is 9.84 Å². The quantitative estimate of drug-likeness (QED) is 0.437. The minimum Gasteiger partial charge on any atom is -0.294 e. The Balaban J connectivity index is 3.55. The summed E-state index contributed by atoms with van der Waals surface area (Å²) in [4.78, 5) is 24.2. The molecule has 0 spiro atoms. The van der Waals surface area contributed by atoms with Crippen molar-refractivity contribution in [3.63, 3.8) is 0 Å². The van der Waals surface area contributed by atoms with E-state index in [2.05, 4.69) is 4.98 Å². The van der Waals surface area contributed by atoms with E-state index >= 15 is 0 Å². The average molecular weight is 244 g/mol. The zero-order chi connectivity index (χ0) is 12.5. The highest BCUT2D eigenvalue weighted by Crippen LogP contribution is 2.22. The maximum Gasteiger partial charge on any atom is 0.307 e. The van der Waals surface area contributed by atoms with Crippen molar-refractivity contribution in [2.24, 2.45) is 0 Å². The first-order valence-electron chi connectivity index (χ1n) is 4.09.